The summed E-state index contributed by atoms with van der Waals surface area (Å²) >= 11 is 0.989. The molecule has 0 bridgehead atoms. The van der Waals surface area contributed by atoms with Gasteiger partial charge in [0.05, 0.1) is 0 Å². The molecule has 0 atom stereocenters. The van der Waals surface area contributed by atoms with Crippen molar-refractivity contribution in [1.82, 2.24) is 10.3 Å². The number of aromatic nitrogens is 1. The summed E-state index contributed by atoms with van der Waals surface area (Å²) in [7, 11) is -4.28. The van der Waals surface area contributed by atoms with Gasteiger partial charge in [0.1, 0.15) is 10.7 Å². The number of rotatable bonds is 7. The summed E-state index contributed by atoms with van der Waals surface area (Å²) < 4.78 is 94.7. The number of hydrogen-bond donors (Lipinski definition) is 2. The SMILES string of the molecule is O=C(NCc1ccc(OC(F)(F)F)c(F)c1)c1ccc(S(=O)(=O)Nc2nccs2)c(F)c1. The Balaban J connectivity index is 1.67. The van der Waals surface area contributed by atoms with Gasteiger partial charge in [0, 0.05) is 23.7 Å². The zero-order valence-corrected chi connectivity index (χ0v) is 17.2. The van der Waals surface area contributed by atoms with Crippen molar-refractivity contribution >= 4 is 32.4 Å². The summed E-state index contributed by atoms with van der Waals surface area (Å²) in [6.45, 7) is -0.296. The monoisotopic (exact) mass is 493 g/mol. The van der Waals surface area contributed by atoms with E-state index in [0.29, 0.717) is 6.07 Å². The van der Waals surface area contributed by atoms with E-state index < -0.39 is 44.6 Å². The molecule has 2 N–H and O–H groups in total. The molecule has 0 aliphatic carbocycles. The Hall–Kier alpha value is -3.26. The summed E-state index contributed by atoms with van der Waals surface area (Å²) in [5.74, 6) is -4.33. The quantitative estimate of drug-likeness (QED) is 0.484. The molecule has 3 rings (SSSR count). The number of alkyl halides is 3. The maximum absolute atomic E-state index is 14.4. The van der Waals surface area contributed by atoms with Crippen LogP contribution in [-0.4, -0.2) is 25.7 Å². The Morgan fingerprint density at radius 2 is 1.84 bits per heavy atom. The van der Waals surface area contributed by atoms with Crippen molar-refractivity contribution in [1.29, 1.82) is 0 Å². The van der Waals surface area contributed by atoms with E-state index in [9.17, 15) is 35.2 Å². The largest absolute Gasteiger partial charge is 0.573 e. The van der Waals surface area contributed by atoms with E-state index in [4.69, 9.17) is 0 Å². The van der Waals surface area contributed by atoms with E-state index in [1.165, 1.54) is 11.6 Å². The maximum Gasteiger partial charge on any atom is 0.573 e. The third-order valence-corrected chi connectivity index (χ3v) is 6.00. The van der Waals surface area contributed by atoms with Crippen molar-refractivity contribution in [2.24, 2.45) is 0 Å². The molecule has 0 radical (unpaired) electrons. The lowest BCUT2D eigenvalue weighted by Gasteiger charge is -2.11. The molecule has 32 heavy (non-hydrogen) atoms. The van der Waals surface area contributed by atoms with Crippen LogP contribution >= 0.6 is 11.3 Å². The molecule has 3 aromatic rings. The summed E-state index contributed by atoms with van der Waals surface area (Å²) in [5.41, 5.74) is -0.120. The van der Waals surface area contributed by atoms with Gasteiger partial charge in [-0.15, -0.1) is 24.5 Å². The molecular formula is C18H12F5N3O4S2. The van der Waals surface area contributed by atoms with Crippen LogP contribution in [0.25, 0.3) is 0 Å². The van der Waals surface area contributed by atoms with Gasteiger partial charge in [-0.25, -0.2) is 22.2 Å². The normalized spacial score (nSPS) is 11.8. The van der Waals surface area contributed by atoms with Crippen LogP contribution in [0.4, 0.5) is 27.1 Å². The van der Waals surface area contributed by atoms with Gasteiger partial charge in [-0.05, 0) is 35.9 Å². The number of carbonyl (C=O) groups excluding carboxylic acids is 1. The van der Waals surface area contributed by atoms with Gasteiger partial charge < -0.3 is 10.1 Å². The molecule has 0 fully saturated rings. The van der Waals surface area contributed by atoms with Crippen molar-refractivity contribution in [2.75, 3.05) is 4.72 Å². The van der Waals surface area contributed by atoms with E-state index in [-0.39, 0.29) is 22.8 Å². The van der Waals surface area contributed by atoms with Crippen LogP contribution in [0.5, 0.6) is 5.75 Å². The van der Waals surface area contributed by atoms with Crippen LogP contribution in [0.2, 0.25) is 0 Å². The Morgan fingerprint density at radius 1 is 1.09 bits per heavy atom. The smallest absolute Gasteiger partial charge is 0.403 e. The first-order chi connectivity index (χ1) is 14.9. The lowest BCUT2D eigenvalue weighted by atomic mass is 10.1. The van der Waals surface area contributed by atoms with Crippen LogP contribution in [0.3, 0.4) is 0 Å². The molecule has 1 aromatic heterocycles. The lowest BCUT2D eigenvalue weighted by molar-refractivity contribution is -0.275. The van der Waals surface area contributed by atoms with Crippen LogP contribution in [0, 0.1) is 11.6 Å². The van der Waals surface area contributed by atoms with Crippen LogP contribution in [0.15, 0.2) is 52.9 Å². The molecule has 0 saturated heterocycles. The molecule has 0 aliphatic rings. The Kier molecular flexibility index (Phi) is 6.64. The van der Waals surface area contributed by atoms with Crippen molar-refractivity contribution in [2.45, 2.75) is 17.8 Å². The molecule has 1 heterocycles. The first-order valence-electron chi connectivity index (χ1n) is 8.49. The standard InChI is InChI=1S/C18H12F5N3O4S2/c19-12-7-10(1-3-14(12)30-18(21,22)23)9-25-16(27)11-2-4-15(13(20)8-11)32(28,29)26-17-24-5-6-31-17/h1-8H,9H2,(H,24,26)(H,25,27). The van der Waals surface area contributed by atoms with E-state index in [2.05, 4.69) is 19.8 Å². The van der Waals surface area contributed by atoms with Gasteiger partial charge >= 0.3 is 6.36 Å². The molecule has 0 unspecified atom stereocenters. The number of halogens is 5. The fourth-order valence-corrected chi connectivity index (χ4v) is 4.30. The number of carbonyl (C=O) groups is 1. The Bertz CT molecular complexity index is 1230. The summed E-state index contributed by atoms with van der Waals surface area (Å²) in [6.07, 6.45) is -3.70. The highest BCUT2D eigenvalue weighted by Gasteiger charge is 2.32. The predicted octanol–water partition coefficient (Wildman–Crippen LogP) is 4.05. The molecule has 2 aromatic carbocycles. The fraction of sp³-hybridized carbons (Fsp3) is 0.111. The fourth-order valence-electron chi connectivity index (χ4n) is 2.45. The average Bonchev–Trinajstić information content (AvgIpc) is 3.19. The molecule has 7 nitrogen and oxygen atoms in total. The zero-order chi connectivity index (χ0) is 23.5. The molecule has 170 valence electrons. The van der Waals surface area contributed by atoms with Gasteiger partial charge in [0.25, 0.3) is 15.9 Å². The van der Waals surface area contributed by atoms with Crippen molar-refractivity contribution < 1.29 is 39.9 Å². The third kappa shape index (κ3) is 5.91. The molecule has 0 spiro atoms. The van der Waals surface area contributed by atoms with Crippen LogP contribution in [0.1, 0.15) is 15.9 Å². The number of nitrogens with zero attached hydrogens (tertiary/aromatic N) is 1. The Labute approximate surface area is 181 Å². The third-order valence-electron chi connectivity index (χ3n) is 3.81. The number of sulfonamides is 1. The number of ether oxygens (including phenoxy) is 1. The van der Waals surface area contributed by atoms with Crippen LogP contribution < -0.4 is 14.8 Å². The van der Waals surface area contributed by atoms with Gasteiger partial charge in [-0.2, -0.15) is 0 Å². The number of thiazole rings is 1. The lowest BCUT2D eigenvalue weighted by Crippen LogP contribution is -2.23. The van der Waals surface area contributed by atoms with E-state index in [0.717, 1.165) is 41.7 Å². The number of amides is 1. The summed E-state index contributed by atoms with van der Waals surface area (Å²) in [6, 6.07) is 5.25. The van der Waals surface area contributed by atoms with Gasteiger partial charge in [-0.3, -0.25) is 9.52 Å². The topological polar surface area (TPSA) is 97.4 Å². The molecular weight excluding hydrogens is 481 g/mol. The van der Waals surface area contributed by atoms with E-state index in [1.54, 1.807) is 0 Å². The van der Waals surface area contributed by atoms with Crippen molar-refractivity contribution in [3.05, 3.63) is 70.7 Å². The minimum absolute atomic E-state index is 0.0325. The molecule has 1 amide bonds. The Morgan fingerprint density at radius 3 is 2.44 bits per heavy atom. The first kappa shape index (κ1) is 23.4. The molecule has 14 heteroatoms. The predicted molar refractivity (Wildman–Crippen MR) is 104 cm³/mol. The highest BCUT2D eigenvalue weighted by atomic mass is 32.2. The van der Waals surface area contributed by atoms with Gasteiger partial charge in [0.15, 0.2) is 16.7 Å². The second-order valence-electron chi connectivity index (χ2n) is 6.08. The minimum atomic E-state index is -5.06. The van der Waals surface area contributed by atoms with E-state index in [1.807, 2.05) is 0 Å². The van der Waals surface area contributed by atoms with Crippen LogP contribution in [-0.2, 0) is 16.6 Å². The van der Waals surface area contributed by atoms with Gasteiger partial charge in [0.2, 0.25) is 0 Å². The number of nitrogens with one attached hydrogen (secondary N) is 2. The first-order valence-corrected chi connectivity index (χ1v) is 10.8. The molecule has 0 saturated carbocycles. The average molecular weight is 493 g/mol. The minimum Gasteiger partial charge on any atom is -0.403 e. The number of hydrogen-bond acceptors (Lipinski definition) is 6. The van der Waals surface area contributed by atoms with E-state index >= 15 is 0 Å². The maximum atomic E-state index is 14.4. The number of benzene rings is 2. The molecule has 0 aliphatic heterocycles. The second kappa shape index (κ2) is 9.08. The summed E-state index contributed by atoms with van der Waals surface area (Å²) in [4.78, 5) is 15.2. The van der Waals surface area contributed by atoms with Gasteiger partial charge in [-0.1, -0.05) is 6.07 Å². The zero-order valence-electron chi connectivity index (χ0n) is 15.6. The van der Waals surface area contributed by atoms with Crippen molar-refractivity contribution in [3.63, 3.8) is 0 Å². The van der Waals surface area contributed by atoms with Crippen molar-refractivity contribution in [3.8, 4) is 5.75 Å². The summed E-state index contributed by atoms with van der Waals surface area (Å²) in [5, 5.41) is 3.87. The highest BCUT2D eigenvalue weighted by Crippen LogP contribution is 2.26. The second-order valence-corrected chi connectivity index (χ2v) is 8.63. The number of anilines is 1. The highest BCUT2D eigenvalue weighted by molar-refractivity contribution is 7.93.